The van der Waals surface area contributed by atoms with E-state index in [0.29, 0.717) is 6.54 Å². The zero-order valence-electron chi connectivity index (χ0n) is 14.4. The molecule has 2 N–H and O–H groups in total. The van der Waals surface area contributed by atoms with Crippen LogP contribution in [0.3, 0.4) is 0 Å². The number of allylic oxidation sites excluding steroid dienone is 3. The molecule has 0 bridgehead atoms. The van der Waals surface area contributed by atoms with Crippen molar-refractivity contribution in [3.8, 4) is 6.07 Å². The third-order valence-electron chi connectivity index (χ3n) is 4.51. The van der Waals surface area contributed by atoms with Gasteiger partial charge in [0, 0.05) is 11.3 Å². The van der Waals surface area contributed by atoms with Gasteiger partial charge in [-0.1, -0.05) is 24.3 Å². The van der Waals surface area contributed by atoms with Crippen LogP contribution in [0, 0.1) is 11.3 Å². The van der Waals surface area contributed by atoms with Gasteiger partial charge in [-0.05, 0) is 55.9 Å². The maximum absolute atomic E-state index is 12.5. The van der Waals surface area contributed by atoms with Crippen molar-refractivity contribution in [3.05, 3.63) is 42.0 Å². The highest BCUT2D eigenvalue weighted by Gasteiger charge is 2.23. The van der Waals surface area contributed by atoms with E-state index in [4.69, 9.17) is 5.26 Å². The van der Waals surface area contributed by atoms with Gasteiger partial charge < -0.3 is 10.6 Å². The second-order valence-electron chi connectivity index (χ2n) is 6.49. The van der Waals surface area contributed by atoms with E-state index in [0.717, 1.165) is 41.6 Å². The van der Waals surface area contributed by atoms with E-state index in [9.17, 15) is 4.79 Å². The van der Waals surface area contributed by atoms with Crippen LogP contribution in [0.2, 0.25) is 0 Å². The largest absolute Gasteiger partial charge is 0.349 e. The molecule has 0 saturated heterocycles. The lowest BCUT2D eigenvalue weighted by Gasteiger charge is -2.18. The van der Waals surface area contributed by atoms with Crippen LogP contribution >= 0.6 is 0 Å². The molecular weight excluding hydrogens is 312 g/mol. The van der Waals surface area contributed by atoms with Crippen molar-refractivity contribution < 1.29 is 4.79 Å². The smallest absolute Gasteiger partial charge is 0.290 e. The number of amides is 1. The van der Waals surface area contributed by atoms with Crippen LogP contribution in [0.1, 0.15) is 43.7 Å². The molecule has 3 rings (SSSR count). The number of benzene rings is 1. The van der Waals surface area contributed by atoms with Gasteiger partial charge in [0.05, 0.1) is 12.6 Å². The van der Waals surface area contributed by atoms with Crippen LogP contribution in [0.15, 0.2) is 35.8 Å². The molecule has 0 spiro atoms. The minimum atomic E-state index is -0.424. The number of nitrogens with one attached hydrogen (secondary N) is 2. The Kier molecular flexibility index (Phi) is 4.99. The second kappa shape index (κ2) is 7.35. The molecule has 0 radical (unpaired) electrons. The number of nitriles is 1. The summed E-state index contributed by atoms with van der Waals surface area (Å²) in [6, 6.07) is 7.63. The van der Waals surface area contributed by atoms with Gasteiger partial charge in [-0.15, -0.1) is 0 Å². The molecule has 128 valence electrons. The third-order valence-corrected chi connectivity index (χ3v) is 4.51. The van der Waals surface area contributed by atoms with Crippen LogP contribution in [0.25, 0.3) is 11.1 Å². The third kappa shape index (κ3) is 3.80. The van der Waals surface area contributed by atoms with E-state index in [2.05, 4.69) is 40.4 Å². The summed E-state index contributed by atoms with van der Waals surface area (Å²) in [6.07, 6.45) is 6.71. The summed E-state index contributed by atoms with van der Waals surface area (Å²) in [6.45, 7) is 6.31. The second-order valence-corrected chi connectivity index (χ2v) is 6.49. The zero-order chi connectivity index (χ0) is 17.8. The van der Waals surface area contributed by atoms with Crippen molar-refractivity contribution in [2.24, 2.45) is 4.99 Å². The van der Waals surface area contributed by atoms with Crippen LogP contribution in [-0.2, 0) is 4.79 Å². The molecule has 0 fully saturated rings. The van der Waals surface area contributed by atoms with E-state index >= 15 is 0 Å². The van der Waals surface area contributed by atoms with Crippen LogP contribution in [-0.4, -0.2) is 24.3 Å². The highest BCUT2D eigenvalue weighted by molar-refractivity contribution is 6.42. The molecular formula is C20H22N4O. The summed E-state index contributed by atoms with van der Waals surface area (Å²) in [5, 5.41) is 14.7. The first-order chi connectivity index (χ1) is 12.1. The lowest BCUT2D eigenvalue weighted by atomic mass is 9.90. The number of carbonyl (C=O) groups excluding carboxylic acids is 1. The summed E-state index contributed by atoms with van der Waals surface area (Å²) in [5.74, 6) is -0.0856. The normalized spacial score (nSPS) is 19.3. The summed E-state index contributed by atoms with van der Waals surface area (Å²) in [4.78, 5) is 16.6. The number of aliphatic imine (C=N–C) groups is 1. The first-order valence-corrected chi connectivity index (χ1v) is 8.60. The molecule has 0 saturated carbocycles. The first kappa shape index (κ1) is 17.0. The first-order valence-electron chi connectivity index (χ1n) is 8.60. The molecule has 5 heteroatoms. The quantitative estimate of drug-likeness (QED) is 0.884. The highest BCUT2D eigenvalue weighted by Crippen LogP contribution is 2.33. The van der Waals surface area contributed by atoms with Gasteiger partial charge in [0.25, 0.3) is 5.91 Å². The average Bonchev–Trinajstić information content (AvgIpc) is 3.12. The minimum absolute atomic E-state index is 0.221. The monoisotopic (exact) mass is 334 g/mol. The number of hydrogen-bond donors (Lipinski definition) is 2. The minimum Gasteiger partial charge on any atom is -0.349 e. The molecule has 2 aliphatic rings. The number of rotatable bonds is 4. The molecule has 1 aliphatic heterocycles. The summed E-state index contributed by atoms with van der Waals surface area (Å²) < 4.78 is 0. The van der Waals surface area contributed by atoms with Gasteiger partial charge in [0.1, 0.15) is 6.04 Å². The maximum atomic E-state index is 12.5. The molecule has 1 heterocycles. The fourth-order valence-electron chi connectivity index (χ4n) is 3.10. The van der Waals surface area contributed by atoms with Crippen LogP contribution in [0.4, 0.5) is 5.69 Å². The molecule has 25 heavy (non-hydrogen) atoms. The van der Waals surface area contributed by atoms with Gasteiger partial charge in [-0.25, -0.2) is 0 Å². The van der Waals surface area contributed by atoms with Gasteiger partial charge in [0.15, 0.2) is 5.84 Å². The number of hydrogen-bond acceptors (Lipinski definition) is 4. The number of amidine groups is 1. The molecule has 1 unspecified atom stereocenters. The molecule has 0 aromatic heterocycles. The Balaban J connectivity index is 1.87. The standard InChI is InChI=1S/C20H22N4O/c1-13(2)15-8-9-18(17(10-15)14-6-4-3-5-7-14)24-20(25)19-22-12-16(11-21)23-19/h6,8-10,16H,1,3-5,7,12H2,2H3,(H,22,23)(H,24,25). The van der Waals surface area contributed by atoms with E-state index in [1.165, 1.54) is 12.0 Å². The molecule has 1 amide bonds. The maximum Gasteiger partial charge on any atom is 0.290 e. The van der Waals surface area contributed by atoms with Crippen molar-refractivity contribution in [2.45, 2.75) is 38.6 Å². The van der Waals surface area contributed by atoms with Crippen LogP contribution < -0.4 is 10.6 Å². The van der Waals surface area contributed by atoms with E-state index in [1.54, 1.807) is 0 Å². The van der Waals surface area contributed by atoms with Crippen LogP contribution in [0.5, 0.6) is 0 Å². The molecule has 5 nitrogen and oxygen atoms in total. The average molecular weight is 334 g/mol. The van der Waals surface area contributed by atoms with E-state index in [1.807, 2.05) is 19.1 Å². The highest BCUT2D eigenvalue weighted by atomic mass is 16.2. The molecule has 1 aromatic rings. The Morgan fingerprint density at radius 1 is 1.44 bits per heavy atom. The van der Waals surface area contributed by atoms with Crippen molar-refractivity contribution in [3.63, 3.8) is 0 Å². The Labute approximate surface area is 148 Å². The fraction of sp³-hybridized carbons (Fsp3) is 0.350. The zero-order valence-corrected chi connectivity index (χ0v) is 14.4. The summed E-state index contributed by atoms with van der Waals surface area (Å²) >= 11 is 0. The Bertz CT molecular complexity index is 813. The summed E-state index contributed by atoms with van der Waals surface area (Å²) in [7, 11) is 0. The van der Waals surface area contributed by atoms with Gasteiger partial charge >= 0.3 is 0 Å². The lowest BCUT2D eigenvalue weighted by Crippen LogP contribution is -2.37. The number of carbonyl (C=O) groups is 1. The Hall–Kier alpha value is -2.87. The van der Waals surface area contributed by atoms with Crippen molar-refractivity contribution in [1.29, 1.82) is 5.26 Å². The van der Waals surface area contributed by atoms with Crippen molar-refractivity contribution >= 4 is 28.6 Å². The fourth-order valence-corrected chi connectivity index (χ4v) is 3.10. The van der Waals surface area contributed by atoms with E-state index in [-0.39, 0.29) is 11.7 Å². The molecule has 1 atom stereocenters. The lowest BCUT2D eigenvalue weighted by molar-refractivity contribution is -0.110. The Morgan fingerprint density at radius 3 is 2.92 bits per heavy atom. The van der Waals surface area contributed by atoms with Gasteiger partial charge in [0.2, 0.25) is 0 Å². The van der Waals surface area contributed by atoms with Gasteiger partial charge in [-0.2, -0.15) is 5.26 Å². The molecule has 1 aliphatic carbocycles. The van der Waals surface area contributed by atoms with E-state index < -0.39 is 6.04 Å². The summed E-state index contributed by atoms with van der Waals surface area (Å²) in [5.41, 5.74) is 5.15. The predicted octanol–water partition coefficient (Wildman–Crippen LogP) is 3.51. The topological polar surface area (TPSA) is 77.3 Å². The number of anilines is 1. The van der Waals surface area contributed by atoms with Crippen molar-refractivity contribution in [1.82, 2.24) is 5.32 Å². The Morgan fingerprint density at radius 2 is 2.28 bits per heavy atom. The van der Waals surface area contributed by atoms with Gasteiger partial charge in [-0.3, -0.25) is 9.79 Å². The molecule has 1 aromatic carbocycles. The predicted molar refractivity (Wildman–Crippen MR) is 101 cm³/mol. The SMILES string of the molecule is C=C(C)c1ccc(NC(=O)C2=NCC(C#N)N2)c(C2=CCCCC2)c1. The van der Waals surface area contributed by atoms with Crippen molar-refractivity contribution in [2.75, 3.05) is 11.9 Å². The number of nitrogens with zero attached hydrogens (tertiary/aromatic N) is 2.